The van der Waals surface area contributed by atoms with Gasteiger partial charge in [0.25, 0.3) is 0 Å². The first-order chi connectivity index (χ1) is 6.79. The van der Waals surface area contributed by atoms with Gasteiger partial charge in [-0.05, 0) is 6.42 Å². The van der Waals surface area contributed by atoms with Crippen molar-refractivity contribution in [2.75, 3.05) is 32.7 Å². The topological polar surface area (TPSA) is 70.4 Å². The van der Waals surface area contributed by atoms with Gasteiger partial charge >= 0.3 is 6.03 Å². The minimum Gasteiger partial charge on any atom is -0.338 e. The van der Waals surface area contributed by atoms with Crippen molar-refractivity contribution in [3.05, 3.63) is 0 Å². The zero-order valence-electron chi connectivity index (χ0n) is 8.75. The molecule has 0 aliphatic carbocycles. The lowest BCUT2D eigenvalue weighted by atomic mass is 10.2. The summed E-state index contributed by atoms with van der Waals surface area (Å²) in [7, 11) is 0. The summed E-state index contributed by atoms with van der Waals surface area (Å²) in [5, 5.41) is 6.10. The SMILES string of the molecule is CCCNC(=O)N1CCNCC1CN. The Morgan fingerprint density at radius 3 is 3.14 bits per heavy atom. The van der Waals surface area contributed by atoms with Crippen molar-refractivity contribution in [1.29, 1.82) is 0 Å². The first-order valence-corrected chi connectivity index (χ1v) is 5.24. The predicted octanol–water partition coefficient (Wildman–Crippen LogP) is -0.661. The van der Waals surface area contributed by atoms with Crippen molar-refractivity contribution in [3.8, 4) is 0 Å². The van der Waals surface area contributed by atoms with Gasteiger partial charge in [-0.3, -0.25) is 0 Å². The summed E-state index contributed by atoms with van der Waals surface area (Å²) in [6, 6.07) is 0.157. The number of rotatable bonds is 3. The fraction of sp³-hybridized carbons (Fsp3) is 0.889. The van der Waals surface area contributed by atoms with Gasteiger partial charge in [0.2, 0.25) is 0 Å². The Balaban J connectivity index is 2.41. The predicted molar refractivity (Wildman–Crippen MR) is 56.1 cm³/mol. The third kappa shape index (κ3) is 2.85. The standard InChI is InChI=1S/C9H20N4O/c1-2-3-12-9(14)13-5-4-11-7-8(13)6-10/h8,11H,2-7,10H2,1H3,(H,12,14). The number of nitrogens with two attached hydrogens (primary N) is 1. The Bertz CT molecular complexity index is 186. The van der Waals surface area contributed by atoms with Gasteiger partial charge in [0.05, 0.1) is 6.04 Å². The van der Waals surface area contributed by atoms with Crippen LogP contribution in [0.3, 0.4) is 0 Å². The molecule has 14 heavy (non-hydrogen) atoms. The highest BCUT2D eigenvalue weighted by Crippen LogP contribution is 2.01. The van der Waals surface area contributed by atoms with Gasteiger partial charge in [-0.25, -0.2) is 4.79 Å². The largest absolute Gasteiger partial charge is 0.338 e. The van der Waals surface area contributed by atoms with E-state index in [1.54, 1.807) is 0 Å². The highest BCUT2D eigenvalue weighted by Gasteiger charge is 2.24. The molecule has 0 aromatic heterocycles. The van der Waals surface area contributed by atoms with E-state index < -0.39 is 0 Å². The van der Waals surface area contributed by atoms with Crippen LogP contribution in [-0.4, -0.2) is 49.7 Å². The van der Waals surface area contributed by atoms with Gasteiger partial charge in [0.1, 0.15) is 0 Å². The third-order valence-electron chi connectivity index (χ3n) is 2.41. The molecular formula is C9H20N4O. The van der Waals surface area contributed by atoms with Crippen LogP contribution in [0.5, 0.6) is 0 Å². The Morgan fingerprint density at radius 2 is 2.50 bits per heavy atom. The van der Waals surface area contributed by atoms with Crippen LogP contribution in [0.1, 0.15) is 13.3 Å². The van der Waals surface area contributed by atoms with Crippen LogP contribution in [0, 0.1) is 0 Å². The lowest BCUT2D eigenvalue weighted by Crippen LogP contribution is -2.58. The number of nitrogens with zero attached hydrogens (tertiary/aromatic N) is 1. The summed E-state index contributed by atoms with van der Waals surface area (Å²) in [6.45, 7) is 5.70. The fourth-order valence-corrected chi connectivity index (χ4v) is 1.57. The Morgan fingerprint density at radius 1 is 1.71 bits per heavy atom. The summed E-state index contributed by atoms with van der Waals surface area (Å²) in [5.74, 6) is 0. The number of nitrogens with one attached hydrogen (secondary N) is 2. The Labute approximate surface area is 85.0 Å². The van der Waals surface area contributed by atoms with E-state index in [1.807, 2.05) is 11.8 Å². The van der Waals surface area contributed by atoms with E-state index in [4.69, 9.17) is 5.73 Å². The van der Waals surface area contributed by atoms with E-state index in [9.17, 15) is 4.79 Å². The normalized spacial score (nSPS) is 22.1. The van der Waals surface area contributed by atoms with Gasteiger partial charge in [-0.2, -0.15) is 0 Å². The molecule has 0 radical (unpaired) electrons. The molecule has 0 spiro atoms. The smallest absolute Gasteiger partial charge is 0.317 e. The second-order valence-electron chi connectivity index (χ2n) is 3.52. The quantitative estimate of drug-likeness (QED) is 0.566. The maximum atomic E-state index is 11.7. The van der Waals surface area contributed by atoms with Crippen molar-refractivity contribution < 1.29 is 4.79 Å². The number of piperazine rings is 1. The van der Waals surface area contributed by atoms with E-state index in [1.165, 1.54) is 0 Å². The third-order valence-corrected chi connectivity index (χ3v) is 2.41. The summed E-state index contributed by atoms with van der Waals surface area (Å²) >= 11 is 0. The maximum Gasteiger partial charge on any atom is 0.317 e. The van der Waals surface area contributed by atoms with Crippen molar-refractivity contribution in [2.45, 2.75) is 19.4 Å². The van der Waals surface area contributed by atoms with Gasteiger partial charge in [-0.1, -0.05) is 6.92 Å². The zero-order chi connectivity index (χ0) is 10.4. The van der Waals surface area contributed by atoms with Crippen molar-refractivity contribution >= 4 is 6.03 Å². The average molecular weight is 200 g/mol. The molecule has 82 valence electrons. The van der Waals surface area contributed by atoms with E-state index in [0.717, 1.165) is 32.6 Å². The molecule has 1 atom stereocenters. The van der Waals surface area contributed by atoms with Crippen LogP contribution in [0.25, 0.3) is 0 Å². The van der Waals surface area contributed by atoms with Crippen LogP contribution in [0.2, 0.25) is 0 Å². The number of urea groups is 1. The van der Waals surface area contributed by atoms with Crippen LogP contribution in [-0.2, 0) is 0 Å². The minimum atomic E-state index is 0.0174. The number of hydrogen-bond donors (Lipinski definition) is 3. The zero-order valence-corrected chi connectivity index (χ0v) is 8.75. The summed E-state index contributed by atoms with van der Waals surface area (Å²) in [5.41, 5.74) is 5.60. The van der Waals surface area contributed by atoms with Crippen LogP contribution in [0.15, 0.2) is 0 Å². The molecule has 1 fully saturated rings. The van der Waals surface area contributed by atoms with Gasteiger partial charge in [0.15, 0.2) is 0 Å². The van der Waals surface area contributed by atoms with Gasteiger partial charge in [0, 0.05) is 32.7 Å². The molecule has 2 amide bonds. The second-order valence-corrected chi connectivity index (χ2v) is 3.52. The molecule has 1 saturated heterocycles. The first kappa shape index (κ1) is 11.3. The molecule has 1 aliphatic rings. The van der Waals surface area contributed by atoms with Crippen molar-refractivity contribution in [2.24, 2.45) is 5.73 Å². The Kier molecular flexibility index (Phi) is 4.69. The summed E-state index contributed by atoms with van der Waals surface area (Å²) < 4.78 is 0. The maximum absolute atomic E-state index is 11.7. The Hall–Kier alpha value is -0.810. The number of carbonyl (C=O) groups is 1. The number of hydrogen-bond acceptors (Lipinski definition) is 3. The minimum absolute atomic E-state index is 0.0174. The lowest BCUT2D eigenvalue weighted by molar-refractivity contribution is 0.161. The molecule has 0 saturated carbocycles. The molecule has 4 N–H and O–H groups in total. The summed E-state index contributed by atoms with van der Waals surface area (Å²) in [6.07, 6.45) is 0.963. The highest BCUT2D eigenvalue weighted by molar-refractivity contribution is 5.74. The lowest BCUT2D eigenvalue weighted by Gasteiger charge is -2.35. The molecule has 5 nitrogen and oxygen atoms in total. The van der Waals surface area contributed by atoms with E-state index in [-0.39, 0.29) is 12.1 Å². The van der Waals surface area contributed by atoms with Crippen molar-refractivity contribution in [1.82, 2.24) is 15.5 Å². The molecule has 1 rings (SSSR count). The van der Waals surface area contributed by atoms with E-state index >= 15 is 0 Å². The van der Waals surface area contributed by atoms with Gasteiger partial charge in [-0.15, -0.1) is 0 Å². The van der Waals surface area contributed by atoms with Crippen LogP contribution < -0.4 is 16.4 Å². The molecule has 0 bridgehead atoms. The van der Waals surface area contributed by atoms with Crippen LogP contribution >= 0.6 is 0 Å². The molecule has 1 unspecified atom stereocenters. The first-order valence-electron chi connectivity index (χ1n) is 5.24. The molecule has 0 aromatic rings. The van der Waals surface area contributed by atoms with E-state index in [0.29, 0.717) is 6.54 Å². The average Bonchev–Trinajstić information content (AvgIpc) is 2.25. The number of amides is 2. The monoisotopic (exact) mass is 200 g/mol. The molecule has 5 heteroatoms. The fourth-order valence-electron chi connectivity index (χ4n) is 1.57. The molecular weight excluding hydrogens is 180 g/mol. The molecule has 0 aromatic carbocycles. The number of carbonyl (C=O) groups excluding carboxylic acids is 1. The van der Waals surface area contributed by atoms with E-state index in [2.05, 4.69) is 10.6 Å². The molecule has 1 aliphatic heterocycles. The van der Waals surface area contributed by atoms with Gasteiger partial charge < -0.3 is 21.3 Å². The molecule has 1 heterocycles. The van der Waals surface area contributed by atoms with Crippen molar-refractivity contribution in [3.63, 3.8) is 0 Å². The van der Waals surface area contributed by atoms with Crippen LogP contribution in [0.4, 0.5) is 4.79 Å². The summed E-state index contributed by atoms with van der Waals surface area (Å²) in [4.78, 5) is 13.5. The second kappa shape index (κ2) is 5.82. The highest BCUT2D eigenvalue weighted by atomic mass is 16.2.